The zero-order valence-electron chi connectivity index (χ0n) is 9.21. The van der Waals surface area contributed by atoms with Gasteiger partial charge in [-0.1, -0.05) is 0 Å². The second-order valence-electron chi connectivity index (χ2n) is 3.26. The Morgan fingerprint density at radius 1 is 1.56 bits per heavy atom. The Labute approximate surface area is 98.9 Å². The molecule has 0 aliphatic carbocycles. The number of aromatic nitrogens is 2. The number of hydrogen-bond acceptors (Lipinski definition) is 6. The lowest BCUT2D eigenvalue weighted by atomic mass is 10.2. The van der Waals surface area contributed by atoms with Gasteiger partial charge < -0.3 is 10.4 Å². The third-order valence-corrected chi connectivity index (χ3v) is 3.37. The van der Waals surface area contributed by atoms with Crippen molar-refractivity contribution in [2.75, 3.05) is 18.2 Å². The number of thioether (sulfide) groups is 1. The Morgan fingerprint density at radius 2 is 2.25 bits per heavy atom. The fourth-order valence-corrected chi connectivity index (χ4v) is 1.90. The number of aliphatic hydroxyl groups is 1. The van der Waals surface area contributed by atoms with E-state index in [4.69, 9.17) is 10.4 Å². The van der Waals surface area contributed by atoms with Crippen LogP contribution in [0.1, 0.15) is 12.6 Å². The first-order valence-corrected chi connectivity index (χ1v) is 6.13. The zero-order chi connectivity index (χ0) is 12.0. The van der Waals surface area contributed by atoms with E-state index in [0.717, 1.165) is 0 Å². The average molecular weight is 238 g/mol. The summed E-state index contributed by atoms with van der Waals surface area (Å²) >= 11 is 1.57. The van der Waals surface area contributed by atoms with Crippen molar-refractivity contribution in [2.24, 2.45) is 0 Å². The fourth-order valence-electron chi connectivity index (χ4n) is 1.27. The molecule has 0 saturated carbocycles. The number of rotatable bonds is 5. The van der Waals surface area contributed by atoms with Gasteiger partial charge >= 0.3 is 0 Å². The van der Waals surface area contributed by atoms with Crippen molar-refractivity contribution in [2.45, 2.75) is 18.2 Å². The smallest absolute Gasteiger partial charge is 0.182 e. The summed E-state index contributed by atoms with van der Waals surface area (Å²) in [6, 6.07) is 1.99. The molecular formula is C10H14N4OS. The van der Waals surface area contributed by atoms with Crippen LogP contribution in [-0.2, 0) is 0 Å². The SMILES string of the molecule is CSC(CO)C(C)Nc1nccnc1C#N. The summed E-state index contributed by atoms with van der Waals surface area (Å²) in [5, 5.41) is 21.1. The molecule has 2 N–H and O–H groups in total. The molecule has 0 amide bonds. The van der Waals surface area contributed by atoms with Gasteiger partial charge in [0.2, 0.25) is 0 Å². The van der Waals surface area contributed by atoms with Crippen molar-refractivity contribution < 1.29 is 5.11 Å². The number of nitrogens with zero attached hydrogens (tertiary/aromatic N) is 3. The molecule has 2 atom stereocenters. The van der Waals surface area contributed by atoms with Gasteiger partial charge in [0.05, 0.1) is 6.61 Å². The normalized spacial score (nSPS) is 13.9. The van der Waals surface area contributed by atoms with E-state index in [1.165, 1.54) is 12.4 Å². The highest BCUT2D eigenvalue weighted by molar-refractivity contribution is 7.99. The summed E-state index contributed by atoms with van der Waals surface area (Å²) in [6.07, 6.45) is 4.94. The molecule has 0 radical (unpaired) electrons. The topological polar surface area (TPSA) is 81.8 Å². The lowest BCUT2D eigenvalue weighted by Gasteiger charge is -2.21. The predicted octanol–water partition coefficient (Wildman–Crippen LogP) is 0.873. The summed E-state index contributed by atoms with van der Waals surface area (Å²) in [5.41, 5.74) is 0.271. The van der Waals surface area contributed by atoms with Crippen molar-refractivity contribution in [3.8, 4) is 6.07 Å². The van der Waals surface area contributed by atoms with Crippen LogP contribution in [0.5, 0.6) is 0 Å². The molecule has 0 aliphatic rings. The first kappa shape index (κ1) is 12.7. The maximum absolute atomic E-state index is 9.14. The van der Waals surface area contributed by atoms with Crippen LogP contribution >= 0.6 is 11.8 Å². The van der Waals surface area contributed by atoms with Crippen molar-refractivity contribution in [1.29, 1.82) is 5.26 Å². The quantitative estimate of drug-likeness (QED) is 0.792. The van der Waals surface area contributed by atoms with Gasteiger partial charge in [-0.25, -0.2) is 9.97 Å². The first-order chi connectivity index (χ1) is 7.72. The number of anilines is 1. The molecule has 0 bridgehead atoms. The predicted molar refractivity (Wildman–Crippen MR) is 64.2 cm³/mol. The number of nitriles is 1. The lowest BCUT2D eigenvalue weighted by Crippen LogP contribution is -2.31. The maximum Gasteiger partial charge on any atom is 0.182 e. The fraction of sp³-hybridized carbons (Fsp3) is 0.500. The third-order valence-electron chi connectivity index (χ3n) is 2.21. The molecule has 6 heteroatoms. The Morgan fingerprint density at radius 3 is 2.81 bits per heavy atom. The molecule has 0 spiro atoms. The highest BCUT2D eigenvalue weighted by Crippen LogP contribution is 2.15. The van der Waals surface area contributed by atoms with Crippen LogP contribution in [0.25, 0.3) is 0 Å². The van der Waals surface area contributed by atoms with Gasteiger partial charge in [-0.05, 0) is 13.2 Å². The molecule has 0 fully saturated rings. The molecule has 0 aliphatic heterocycles. The van der Waals surface area contributed by atoms with Crippen molar-refractivity contribution >= 4 is 17.6 Å². The van der Waals surface area contributed by atoms with Crippen LogP contribution in [0.3, 0.4) is 0 Å². The van der Waals surface area contributed by atoms with Gasteiger partial charge in [0.1, 0.15) is 6.07 Å². The van der Waals surface area contributed by atoms with E-state index >= 15 is 0 Å². The zero-order valence-corrected chi connectivity index (χ0v) is 10.0. The minimum absolute atomic E-state index is 0.0174. The molecule has 16 heavy (non-hydrogen) atoms. The Bertz CT molecular complexity index is 375. The molecule has 5 nitrogen and oxygen atoms in total. The lowest BCUT2D eigenvalue weighted by molar-refractivity contribution is 0.288. The van der Waals surface area contributed by atoms with E-state index in [1.54, 1.807) is 11.8 Å². The third kappa shape index (κ3) is 3.08. The second-order valence-corrected chi connectivity index (χ2v) is 4.33. The van der Waals surface area contributed by atoms with E-state index in [2.05, 4.69) is 15.3 Å². The molecule has 0 aromatic carbocycles. The molecular weight excluding hydrogens is 224 g/mol. The standard InChI is InChI=1S/C10H14N4OS/c1-7(9(6-15)16-2)14-10-8(5-11)12-3-4-13-10/h3-4,7,9,15H,6H2,1-2H3,(H,13,14). The molecule has 86 valence electrons. The van der Waals surface area contributed by atoms with Crippen LogP contribution in [0.2, 0.25) is 0 Å². The molecule has 1 aromatic rings. The van der Waals surface area contributed by atoms with Crippen LogP contribution in [0, 0.1) is 11.3 Å². The monoisotopic (exact) mass is 238 g/mol. The highest BCUT2D eigenvalue weighted by Gasteiger charge is 2.16. The van der Waals surface area contributed by atoms with Crippen LogP contribution in [0.15, 0.2) is 12.4 Å². The minimum Gasteiger partial charge on any atom is -0.395 e. The number of aliphatic hydroxyl groups excluding tert-OH is 1. The van der Waals surface area contributed by atoms with Gasteiger partial charge in [-0.2, -0.15) is 17.0 Å². The van der Waals surface area contributed by atoms with E-state index in [0.29, 0.717) is 5.82 Å². The van der Waals surface area contributed by atoms with E-state index in [9.17, 15) is 0 Å². The minimum atomic E-state index is 0.0174. The van der Waals surface area contributed by atoms with E-state index < -0.39 is 0 Å². The molecule has 2 unspecified atom stereocenters. The maximum atomic E-state index is 9.14. The summed E-state index contributed by atoms with van der Waals surface area (Å²) in [4.78, 5) is 7.96. The second kappa shape index (κ2) is 6.30. The van der Waals surface area contributed by atoms with Crippen molar-refractivity contribution in [1.82, 2.24) is 9.97 Å². The van der Waals surface area contributed by atoms with Crippen LogP contribution < -0.4 is 5.32 Å². The largest absolute Gasteiger partial charge is 0.395 e. The molecule has 1 aromatic heterocycles. The first-order valence-electron chi connectivity index (χ1n) is 4.84. The highest BCUT2D eigenvalue weighted by atomic mass is 32.2. The van der Waals surface area contributed by atoms with Crippen molar-refractivity contribution in [3.63, 3.8) is 0 Å². The Hall–Kier alpha value is -1.32. The Balaban J connectivity index is 2.76. The molecule has 0 saturated heterocycles. The Kier molecular flexibility index (Phi) is 5.02. The summed E-state index contributed by atoms with van der Waals surface area (Å²) in [7, 11) is 0. The van der Waals surface area contributed by atoms with Gasteiger partial charge in [-0.3, -0.25) is 0 Å². The molecule has 1 rings (SSSR count). The van der Waals surface area contributed by atoms with E-state index in [-0.39, 0.29) is 23.6 Å². The van der Waals surface area contributed by atoms with Crippen LogP contribution in [-0.4, -0.2) is 39.2 Å². The van der Waals surface area contributed by atoms with Gasteiger partial charge in [-0.15, -0.1) is 0 Å². The van der Waals surface area contributed by atoms with Crippen molar-refractivity contribution in [3.05, 3.63) is 18.1 Å². The summed E-state index contributed by atoms with van der Waals surface area (Å²) < 4.78 is 0. The average Bonchev–Trinajstić information content (AvgIpc) is 2.31. The number of hydrogen-bond donors (Lipinski definition) is 2. The summed E-state index contributed by atoms with van der Waals surface area (Å²) in [5.74, 6) is 0.463. The number of nitrogens with one attached hydrogen (secondary N) is 1. The van der Waals surface area contributed by atoms with Gasteiger partial charge in [0.15, 0.2) is 11.5 Å². The van der Waals surface area contributed by atoms with E-state index in [1.807, 2.05) is 19.2 Å². The van der Waals surface area contributed by atoms with Gasteiger partial charge in [0, 0.05) is 23.7 Å². The molecule has 1 heterocycles. The van der Waals surface area contributed by atoms with Crippen LogP contribution in [0.4, 0.5) is 5.82 Å². The summed E-state index contributed by atoms with van der Waals surface area (Å²) in [6.45, 7) is 2.02. The van der Waals surface area contributed by atoms with Gasteiger partial charge in [0.25, 0.3) is 0 Å².